The van der Waals surface area contributed by atoms with Crippen LogP contribution in [0.1, 0.15) is 27.7 Å². The molecule has 162 valence electrons. The molecule has 1 fully saturated rings. The van der Waals surface area contributed by atoms with E-state index in [1.165, 1.54) is 16.7 Å². The van der Waals surface area contributed by atoms with Crippen molar-refractivity contribution in [2.75, 3.05) is 25.4 Å². The Kier molecular flexibility index (Phi) is 7.14. The Bertz CT molecular complexity index is 980. The lowest BCUT2D eigenvalue weighted by molar-refractivity contribution is -0.124. The van der Waals surface area contributed by atoms with Crippen LogP contribution in [0.15, 0.2) is 34.2 Å². The van der Waals surface area contributed by atoms with Gasteiger partial charge in [0, 0.05) is 38.3 Å². The Balaban J connectivity index is 1.87. The van der Waals surface area contributed by atoms with Crippen LogP contribution in [0.4, 0.5) is 4.79 Å². The Morgan fingerprint density at radius 3 is 2.53 bits per heavy atom. The van der Waals surface area contributed by atoms with E-state index in [1.807, 2.05) is 12.1 Å². The molecule has 0 unspecified atom stereocenters. The molecule has 9 heteroatoms. The van der Waals surface area contributed by atoms with Gasteiger partial charge in [-0.1, -0.05) is 23.9 Å². The van der Waals surface area contributed by atoms with Gasteiger partial charge in [0.2, 0.25) is 5.91 Å². The fraction of sp³-hybridized carbons (Fsp3) is 0.524. The third-order valence-corrected chi connectivity index (χ3v) is 6.18. The monoisotopic (exact) mass is 431 g/mol. The second-order valence-corrected chi connectivity index (χ2v) is 8.80. The molecule has 0 bridgehead atoms. The van der Waals surface area contributed by atoms with Crippen molar-refractivity contribution in [1.29, 1.82) is 0 Å². The Morgan fingerprint density at radius 1 is 1.20 bits per heavy atom. The average molecular weight is 432 g/mol. The summed E-state index contributed by atoms with van der Waals surface area (Å²) < 4.78 is 1.65. The zero-order valence-corrected chi connectivity index (χ0v) is 18.7. The number of para-hydroxylation sites is 1. The Morgan fingerprint density at radius 2 is 1.90 bits per heavy atom. The van der Waals surface area contributed by atoms with E-state index in [1.54, 1.807) is 16.7 Å². The molecule has 0 atom stereocenters. The molecule has 0 radical (unpaired) electrons. The average Bonchev–Trinajstić information content (AvgIpc) is 3.13. The molecule has 30 heavy (non-hydrogen) atoms. The fourth-order valence-electron chi connectivity index (χ4n) is 3.70. The van der Waals surface area contributed by atoms with Crippen LogP contribution in [0, 0.1) is 0 Å². The lowest BCUT2D eigenvalue weighted by atomic mass is 10.2. The van der Waals surface area contributed by atoms with Crippen LogP contribution in [0.2, 0.25) is 0 Å². The minimum absolute atomic E-state index is 0.0519. The second-order valence-electron chi connectivity index (χ2n) is 7.86. The van der Waals surface area contributed by atoms with Gasteiger partial charge in [0.15, 0.2) is 5.16 Å². The number of hydrogen-bond donors (Lipinski definition) is 1. The topological polar surface area (TPSA) is 87.5 Å². The molecule has 1 aliphatic rings. The van der Waals surface area contributed by atoms with Gasteiger partial charge in [-0.05, 0) is 39.8 Å². The van der Waals surface area contributed by atoms with Gasteiger partial charge in [-0.15, -0.1) is 0 Å². The first-order valence-corrected chi connectivity index (χ1v) is 11.2. The molecule has 1 saturated heterocycles. The minimum atomic E-state index is -0.367. The highest BCUT2D eigenvalue weighted by Gasteiger charge is 2.26. The molecule has 1 aliphatic heterocycles. The maximum Gasteiger partial charge on any atom is 0.324 e. The molecule has 1 aromatic carbocycles. The number of fused-ring (bicyclic) bond motifs is 1. The number of nitrogens with zero attached hydrogens (tertiary/aromatic N) is 4. The van der Waals surface area contributed by atoms with Crippen molar-refractivity contribution in [1.82, 2.24) is 24.7 Å². The molecular formula is C21H29N5O3S. The van der Waals surface area contributed by atoms with Gasteiger partial charge in [0.1, 0.15) is 0 Å². The highest BCUT2D eigenvalue weighted by atomic mass is 32.2. The Hall–Kier alpha value is -2.39. The summed E-state index contributed by atoms with van der Waals surface area (Å²) in [5.41, 5.74) is 0.499. The molecule has 2 aromatic rings. The van der Waals surface area contributed by atoms with Crippen molar-refractivity contribution in [3.63, 3.8) is 0 Å². The van der Waals surface area contributed by atoms with Crippen LogP contribution in [0.25, 0.3) is 10.9 Å². The van der Waals surface area contributed by atoms with Crippen LogP contribution < -0.4 is 10.9 Å². The van der Waals surface area contributed by atoms with E-state index in [0.29, 0.717) is 54.3 Å². The summed E-state index contributed by atoms with van der Waals surface area (Å²) in [5, 5.41) is 3.69. The largest absolute Gasteiger partial charge is 0.336 e. The summed E-state index contributed by atoms with van der Waals surface area (Å²) in [7, 11) is 0. The van der Waals surface area contributed by atoms with Gasteiger partial charge in [-0.3, -0.25) is 24.0 Å². The number of imide groups is 1. The van der Waals surface area contributed by atoms with Crippen molar-refractivity contribution < 1.29 is 9.59 Å². The summed E-state index contributed by atoms with van der Waals surface area (Å²) in [4.78, 5) is 45.6. The molecular weight excluding hydrogens is 402 g/mol. The molecule has 0 saturated carbocycles. The van der Waals surface area contributed by atoms with E-state index in [2.05, 4.69) is 42.9 Å². The van der Waals surface area contributed by atoms with Gasteiger partial charge in [-0.25, -0.2) is 9.78 Å². The van der Waals surface area contributed by atoms with Crippen LogP contribution >= 0.6 is 11.8 Å². The minimum Gasteiger partial charge on any atom is -0.336 e. The van der Waals surface area contributed by atoms with Gasteiger partial charge >= 0.3 is 6.03 Å². The number of thioether (sulfide) groups is 1. The summed E-state index contributed by atoms with van der Waals surface area (Å²) in [6, 6.07) is 7.57. The molecule has 0 spiro atoms. The lowest BCUT2D eigenvalue weighted by Crippen LogP contribution is -2.40. The van der Waals surface area contributed by atoms with Crippen LogP contribution in [-0.4, -0.2) is 68.8 Å². The van der Waals surface area contributed by atoms with Crippen molar-refractivity contribution >= 4 is 34.6 Å². The molecule has 3 rings (SSSR count). The first kappa shape index (κ1) is 22.3. The molecule has 2 heterocycles. The summed E-state index contributed by atoms with van der Waals surface area (Å²) >= 11 is 1.20. The predicted molar refractivity (Wildman–Crippen MR) is 119 cm³/mol. The zero-order valence-electron chi connectivity index (χ0n) is 17.9. The zero-order chi connectivity index (χ0) is 21.8. The highest BCUT2D eigenvalue weighted by Crippen LogP contribution is 2.19. The number of benzene rings is 1. The first-order valence-electron chi connectivity index (χ1n) is 10.3. The summed E-state index contributed by atoms with van der Waals surface area (Å²) in [6.07, 6.45) is 0. The van der Waals surface area contributed by atoms with Crippen molar-refractivity contribution in [3.05, 3.63) is 34.6 Å². The normalized spacial score (nSPS) is 14.4. The molecule has 3 amide bonds. The van der Waals surface area contributed by atoms with E-state index in [4.69, 9.17) is 0 Å². The van der Waals surface area contributed by atoms with E-state index in [0.717, 1.165) is 0 Å². The van der Waals surface area contributed by atoms with Crippen molar-refractivity contribution in [3.8, 4) is 0 Å². The third-order valence-electron chi connectivity index (χ3n) is 5.22. The number of rotatable bonds is 8. The maximum atomic E-state index is 13.2. The molecule has 0 aliphatic carbocycles. The van der Waals surface area contributed by atoms with E-state index in [-0.39, 0.29) is 23.3 Å². The van der Waals surface area contributed by atoms with Crippen LogP contribution in [0.3, 0.4) is 0 Å². The predicted octanol–water partition coefficient (Wildman–Crippen LogP) is 2.16. The smallest absolute Gasteiger partial charge is 0.324 e. The van der Waals surface area contributed by atoms with Crippen LogP contribution in [0.5, 0.6) is 0 Å². The summed E-state index contributed by atoms with van der Waals surface area (Å²) in [6.45, 7) is 10.6. The van der Waals surface area contributed by atoms with Crippen molar-refractivity contribution in [2.45, 2.75) is 51.5 Å². The maximum absolute atomic E-state index is 13.2. The number of urea groups is 1. The number of carbonyl (C=O) groups excluding carboxylic acids is 2. The second kappa shape index (κ2) is 9.61. The summed E-state index contributed by atoms with van der Waals surface area (Å²) in [5.74, 6) is -0.231. The number of hydrogen-bond acceptors (Lipinski definition) is 6. The Labute approximate surface area is 180 Å². The van der Waals surface area contributed by atoms with E-state index >= 15 is 0 Å². The standard InChI is InChI=1S/C21H29N5O3S/c1-14(2)24(15(3)4)11-12-26-19(28)16-7-5-6-8-17(16)23-21(26)30-13-18(27)25-10-9-22-20(25)29/h5-8,14-15H,9-13H2,1-4H3,(H,22,29). The number of amides is 3. The van der Waals surface area contributed by atoms with Gasteiger partial charge in [-0.2, -0.15) is 0 Å². The van der Waals surface area contributed by atoms with E-state index < -0.39 is 0 Å². The number of carbonyl (C=O) groups is 2. The third kappa shape index (κ3) is 4.84. The number of nitrogens with one attached hydrogen (secondary N) is 1. The molecule has 8 nitrogen and oxygen atoms in total. The SMILES string of the molecule is CC(C)N(CCn1c(SCC(=O)N2CCNC2=O)nc2ccccc2c1=O)C(C)C. The van der Waals surface area contributed by atoms with Crippen LogP contribution in [-0.2, 0) is 11.3 Å². The fourth-order valence-corrected chi connectivity index (χ4v) is 4.60. The lowest BCUT2D eigenvalue weighted by Gasteiger charge is -2.30. The molecule has 1 N–H and O–H groups in total. The van der Waals surface area contributed by atoms with Gasteiger partial charge < -0.3 is 5.32 Å². The number of aromatic nitrogens is 2. The van der Waals surface area contributed by atoms with E-state index in [9.17, 15) is 14.4 Å². The molecule has 1 aromatic heterocycles. The van der Waals surface area contributed by atoms with Crippen molar-refractivity contribution in [2.24, 2.45) is 0 Å². The van der Waals surface area contributed by atoms with Gasteiger partial charge in [0.25, 0.3) is 5.56 Å². The van der Waals surface area contributed by atoms with Gasteiger partial charge in [0.05, 0.1) is 16.7 Å². The quantitative estimate of drug-likeness (QED) is 0.509. The first-order chi connectivity index (χ1) is 14.3. The highest BCUT2D eigenvalue weighted by molar-refractivity contribution is 7.99.